The van der Waals surface area contributed by atoms with Gasteiger partial charge in [-0.2, -0.15) is 0 Å². The second kappa shape index (κ2) is 9.65. The first-order valence-electron chi connectivity index (χ1n) is 9.86. The molecule has 0 atom stereocenters. The topological polar surface area (TPSA) is 83.5 Å². The lowest BCUT2D eigenvalue weighted by Gasteiger charge is -2.30. The monoisotopic (exact) mass is 423 g/mol. The number of amides is 1. The predicted molar refractivity (Wildman–Crippen MR) is 114 cm³/mol. The number of ether oxygens (including phenoxy) is 1. The summed E-state index contributed by atoms with van der Waals surface area (Å²) in [5.74, 6) is -0.769. The zero-order valence-corrected chi connectivity index (χ0v) is 18.5. The van der Waals surface area contributed by atoms with Crippen molar-refractivity contribution in [3.05, 3.63) is 35.2 Å². The number of carbonyl (C=O) groups excluding carboxylic acids is 1. The van der Waals surface area contributed by atoms with Crippen molar-refractivity contribution in [2.75, 3.05) is 13.1 Å². The molecule has 0 bridgehead atoms. The summed E-state index contributed by atoms with van der Waals surface area (Å²) in [5, 5.41) is 17.2. The van der Waals surface area contributed by atoms with Crippen molar-refractivity contribution in [1.82, 2.24) is 15.6 Å². The van der Waals surface area contributed by atoms with Crippen molar-refractivity contribution < 1.29 is 19.0 Å². The Kier molecular flexibility index (Phi) is 7.73. The lowest BCUT2D eigenvalue weighted by Crippen LogP contribution is -2.42. The van der Waals surface area contributed by atoms with Gasteiger partial charge in [-0.1, -0.05) is 13.8 Å². The van der Waals surface area contributed by atoms with Gasteiger partial charge in [-0.15, -0.1) is 11.3 Å². The van der Waals surface area contributed by atoms with Gasteiger partial charge >= 0.3 is 6.09 Å². The molecule has 1 aliphatic rings. The van der Waals surface area contributed by atoms with Gasteiger partial charge in [0, 0.05) is 11.7 Å². The summed E-state index contributed by atoms with van der Waals surface area (Å²) in [6.45, 7) is 10.9. The van der Waals surface area contributed by atoms with Crippen LogP contribution < -0.4 is 15.4 Å². The van der Waals surface area contributed by atoms with Gasteiger partial charge in [0.25, 0.3) is 0 Å². The van der Waals surface area contributed by atoms with Crippen molar-refractivity contribution in [2.45, 2.75) is 58.6 Å². The molecule has 160 valence electrons. The van der Waals surface area contributed by atoms with E-state index < -0.39 is 23.1 Å². The van der Waals surface area contributed by atoms with E-state index in [2.05, 4.69) is 15.6 Å². The highest BCUT2D eigenvalue weighted by atomic mass is 32.1. The summed E-state index contributed by atoms with van der Waals surface area (Å²) < 4.78 is 19.4. The van der Waals surface area contributed by atoms with Gasteiger partial charge in [-0.3, -0.25) is 0 Å². The minimum absolute atomic E-state index is 0.137. The van der Waals surface area contributed by atoms with E-state index in [9.17, 15) is 14.3 Å². The van der Waals surface area contributed by atoms with Crippen LogP contribution in [0.4, 0.5) is 9.18 Å². The van der Waals surface area contributed by atoms with Crippen LogP contribution in [0.3, 0.4) is 0 Å². The Morgan fingerprint density at radius 2 is 1.97 bits per heavy atom. The van der Waals surface area contributed by atoms with E-state index >= 15 is 0 Å². The molecular formula is C21H30FN3O3S. The average molecular weight is 424 g/mol. The smallest absolute Gasteiger partial charge is 0.407 e. The SMILES string of the molecule is CC.CC(C)(C)NC(=O)Oc1ccc(-c2cnc(C3(O)CCNCC3)s2)cc1F. The molecule has 0 aliphatic carbocycles. The molecular weight excluding hydrogens is 393 g/mol. The molecule has 1 fully saturated rings. The van der Waals surface area contributed by atoms with Crippen LogP contribution in [-0.4, -0.2) is 34.8 Å². The lowest BCUT2D eigenvalue weighted by atomic mass is 9.93. The molecule has 1 aliphatic heterocycles. The van der Waals surface area contributed by atoms with Crippen molar-refractivity contribution in [1.29, 1.82) is 0 Å². The Bertz CT molecular complexity index is 827. The van der Waals surface area contributed by atoms with Crippen molar-refractivity contribution in [2.24, 2.45) is 0 Å². The highest BCUT2D eigenvalue weighted by Crippen LogP contribution is 2.37. The molecule has 3 rings (SSSR count). The molecule has 29 heavy (non-hydrogen) atoms. The van der Waals surface area contributed by atoms with Gasteiger partial charge in [0.15, 0.2) is 11.6 Å². The largest absolute Gasteiger partial charge is 0.413 e. The zero-order chi connectivity index (χ0) is 21.7. The maximum atomic E-state index is 14.4. The third-order valence-corrected chi connectivity index (χ3v) is 5.47. The molecule has 2 heterocycles. The lowest BCUT2D eigenvalue weighted by molar-refractivity contribution is 0.00574. The number of nitrogens with one attached hydrogen (secondary N) is 2. The van der Waals surface area contributed by atoms with E-state index in [-0.39, 0.29) is 5.75 Å². The Labute approximate surface area is 175 Å². The number of halogens is 1. The first-order chi connectivity index (χ1) is 13.7. The number of aromatic nitrogens is 1. The zero-order valence-electron chi connectivity index (χ0n) is 17.6. The van der Waals surface area contributed by atoms with E-state index in [0.717, 1.165) is 18.0 Å². The molecule has 6 nitrogen and oxygen atoms in total. The number of aliphatic hydroxyl groups is 1. The summed E-state index contributed by atoms with van der Waals surface area (Å²) in [6, 6.07) is 4.40. The van der Waals surface area contributed by atoms with Gasteiger partial charge < -0.3 is 20.5 Å². The van der Waals surface area contributed by atoms with Gasteiger partial charge in [-0.05, 0) is 70.5 Å². The van der Waals surface area contributed by atoms with Gasteiger partial charge in [0.2, 0.25) is 0 Å². The number of hydrogen-bond acceptors (Lipinski definition) is 6. The number of thiazole rings is 1. The standard InChI is InChI=1S/C19H24FN3O3S.C2H6/c1-18(2,3)23-17(24)26-14-5-4-12(10-13(14)20)15-11-22-16(27-15)19(25)6-8-21-9-7-19;1-2/h4-5,10-11,21,25H,6-9H2,1-3H3,(H,23,24);1-2H3. The fourth-order valence-corrected chi connectivity index (χ4v) is 3.90. The average Bonchev–Trinajstić information content (AvgIpc) is 3.15. The van der Waals surface area contributed by atoms with E-state index in [1.165, 1.54) is 23.5 Å². The third-order valence-electron chi connectivity index (χ3n) is 4.23. The highest BCUT2D eigenvalue weighted by molar-refractivity contribution is 7.15. The van der Waals surface area contributed by atoms with Crippen LogP contribution >= 0.6 is 11.3 Å². The molecule has 0 saturated carbocycles. The quantitative estimate of drug-likeness (QED) is 0.680. The fraction of sp³-hybridized carbons (Fsp3) is 0.524. The number of nitrogens with zero attached hydrogens (tertiary/aromatic N) is 1. The van der Waals surface area contributed by atoms with E-state index in [1.54, 1.807) is 12.3 Å². The van der Waals surface area contributed by atoms with Gasteiger partial charge in [-0.25, -0.2) is 14.2 Å². The van der Waals surface area contributed by atoms with Crippen LogP contribution in [0, 0.1) is 5.82 Å². The van der Waals surface area contributed by atoms with Crippen molar-refractivity contribution in [3.63, 3.8) is 0 Å². The molecule has 0 unspecified atom stereocenters. The number of piperidine rings is 1. The predicted octanol–water partition coefficient (Wildman–Crippen LogP) is 4.43. The first-order valence-corrected chi connectivity index (χ1v) is 10.7. The summed E-state index contributed by atoms with van der Waals surface area (Å²) in [4.78, 5) is 16.9. The summed E-state index contributed by atoms with van der Waals surface area (Å²) in [6.07, 6.45) is 2.14. The van der Waals surface area contributed by atoms with E-state index in [4.69, 9.17) is 4.74 Å². The Morgan fingerprint density at radius 3 is 2.55 bits per heavy atom. The molecule has 1 aromatic heterocycles. The highest BCUT2D eigenvalue weighted by Gasteiger charge is 2.34. The molecule has 0 radical (unpaired) electrons. The number of hydrogen-bond donors (Lipinski definition) is 3. The van der Waals surface area contributed by atoms with E-state index in [1.807, 2.05) is 34.6 Å². The second-order valence-electron chi connectivity index (χ2n) is 7.72. The summed E-state index contributed by atoms with van der Waals surface area (Å²) in [5.41, 5.74) is -0.778. The number of carbonyl (C=O) groups is 1. The van der Waals surface area contributed by atoms with Crippen molar-refractivity contribution in [3.8, 4) is 16.2 Å². The maximum absolute atomic E-state index is 14.4. The minimum Gasteiger partial charge on any atom is -0.407 e. The Balaban J connectivity index is 0.00000145. The number of benzene rings is 1. The summed E-state index contributed by atoms with van der Waals surface area (Å²) in [7, 11) is 0. The molecule has 3 N–H and O–H groups in total. The normalized spacial score (nSPS) is 15.8. The van der Waals surface area contributed by atoms with E-state index in [0.29, 0.717) is 23.4 Å². The molecule has 0 spiro atoms. The third kappa shape index (κ3) is 6.22. The molecule has 2 aromatic rings. The molecule has 1 saturated heterocycles. The van der Waals surface area contributed by atoms with Crippen LogP contribution in [0.2, 0.25) is 0 Å². The van der Waals surface area contributed by atoms with Crippen LogP contribution in [-0.2, 0) is 5.60 Å². The fourth-order valence-electron chi connectivity index (χ4n) is 2.85. The van der Waals surface area contributed by atoms with Gasteiger partial charge in [0.1, 0.15) is 10.6 Å². The molecule has 1 amide bonds. The van der Waals surface area contributed by atoms with Crippen LogP contribution in [0.1, 0.15) is 52.5 Å². The van der Waals surface area contributed by atoms with Crippen molar-refractivity contribution >= 4 is 17.4 Å². The first kappa shape index (κ1) is 23.3. The second-order valence-corrected chi connectivity index (χ2v) is 8.75. The van der Waals surface area contributed by atoms with Crippen LogP contribution in [0.5, 0.6) is 5.75 Å². The number of rotatable bonds is 3. The van der Waals surface area contributed by atoms with Crippen LogP contribution in [0.15, 0.2) is 24.4 Å². The van der Waals surface area contributed by atoms with Gasteiger partial charge in [0.05, 0.1) is 4.88 Å². The maximum Gasteiger partial charge on any atom is 0.413 e. The molecule has 8 heteroatoms. The molecule has 1 aromatic carbocycles. The Hall–Kier alpha value is -2.03. The Morgan fingerprint density at radius 1 is 1.31 bits per heavy atom. The van der Waals surface area contributed by atoms with Crippen LogP contribution in [0.25, 0.3) is 10.4 Å². The summed E-state index contributed by atoms with van der Waals surface area (Å²) >= 11 is 1.35. The minimum atomic E-state index is -0.930.